The van der Waals surface area contributed by atoms with Crippen LogP contribution in [0.5, 0.6) is 5.75 Å². The summed E-state index contributed by atoms with van der Waals surface area (Å²) < 4.78 is 75.9. The molecule has 112 valence electrons. The minimum atomic E-state index is -5.48. The Balaban J connectivity index is 3.79. The van der Waals surface area contributed by atoms with E-state index in [1.165, 1.54) is 0 Å². The molecule has 0 saturated heterocycles. The summed E-state index contributed by atoms with van der Waals surface area (Å²) in [6, 6.07) is 0.190. The second-order valence-electron chi connectivity index (χ2n) is 3.66. The maximum absolute atomic E-state index is 12.7. The Bertz CT molecular complexity index is 534. The van der Waals surface area contributed by atoms with E-state index in [-0.39, 0.29) is 12.1 Å². The smallest absolute Gasteiger partial charge is 0.420 e. The van der Waals surface area contributed by atoms with E-state index < -0.39 is 46.9 Å². The summed E-state index contributed by atoms with van der Waals surface area (Å²) >= 11 is 0. The molecule has 1 rings (SSSR count). The highest BCUT2D eigenvalue weighted by Crippen LogP contribution is 2.45. The maximum Gasteiger partial charge on any atom is 0.420 e. The van der Waals surface area contributed by atoms with Crippen molar-refractivity contribution in [2.24, 2.45) is 0 Å². The molecule has 1 aromatic carbocycles. The number of aliphatic hydroxyl groups is 1. The predicted molar refractivity (Wildman–Crippen MR) is 50.7 cm³/mol. The topological polar surface area (TPSA) is 77.8 Å². The van der Waals surface area contributed by atoms with Gasteiger partial charge < -0.3 is 15.3 Å². The standard InChI is InChI=1S/C10H6F6O4/c11-9(12,13)3-1-2-4(17)6(10(14,15)16)5(3)7(18)8(19)20/h1-2,7,17-18H,(H,19,20). The van der Waals surface area contributed by atoms with E-state index >= 15 is 0 Å². The molecule has 0 aromatic heterocycles. The van der Waals surface area contributed by atoms with Gasteiger partial charge in [-0.25, -0.2) is 4.79 Å². The van der Waals surface area contributed by atoms with E-state index in [9.17, 15) is 31.1 Å². The number of hydrogen-bond donors (Lipinski definition) is 3. The van der Waals surface area contributed by atoms with Crippen molar-refractivity contribution in [2.75, 3.05) is 0 Å². The number of aliphatic carboxylic acids is 1. The zero-order valence-electron chi connectivity index (χ0n) is 9.25. The summed E-state index contributed by atoms with van der Waals surface area (Å²) in [6.07, 6.45) is -13.9. The van der Waals surface area contributed by atoms with Crippen molar-refractivity contribution in [1.82, 2.24) is 0 Å². The van der Waals surface area contributed by atoms with Crippen LogP contribution in [0.3, 0.4) is 0 Å². The Morgan fingerprint density at radius 1 is 1.05 bits per heavy atom. The van der Waals surface area contributed by atoms with Crippen LogP contribution < -0.4 is 0 Å². The third kappa shape index (κ3) is 2.95. The van der Waals surface area contributed by atoms with Crippen LogP contribution in [-0.4, -0.2) is 21.3 Å². The average Bonchev–Trinajstić information content (AvgIpc) is 2.23. The second kappa shape index (κ2) is 4.85. The molecule has 3 N–H and O–H groups in total. The average molecular weight is 304 g/mol. The first kappa shape index (κ1) is 16.1. The first-order chi connectivity index (χ1) is 8.87. The molecule has 20 heavy (non-hydrogen) atoms. The Morgan fingerprint density at radius 3 is 1.90 bits per heavy atom. The molecule has 1 atom stereocenters. The molecule has 0 radical (unpaired) electrons. The van der Waals surface area contributed by atoms with E-state index in [0.717, 1.165) is 0 Å². The molecular formula is C10H6F6O4. The van der Waals surface area contributed by atoms with Gasteiger partial charge in [-0.3, -0.25) is 0 Å². The van der Waals surface area contributed by atoms with E-state index in [1.54, 1.807) is 0 Å². The van der Waals surface area contributed by atoms with E-state index in [0.29, 0.717) is 0 Å². The van der Waals surface area contributed by atoms with Gasteiger partial charge in [-0.05, 0) is 12.1 Å². The van der Waals surface area contributed by atoms with Crippen LogP contribution in [0.15, 0.2) is 12.1 Å². The number of carbonyl (C=O) groups is 1. The van der Waals surface area contributed by atoms with Crippen molar-refractivity contribution in [3.8, 4) is 5.75 Å². The highest BCUT2D eigenvalue weighted by Gasteiger charge is 2.46. The minimum Gasteiger partial charge on any atom is -0.507 e. The molecule has 0 aliphatic rings. The number of carboxylic acid groups (broad SMARTS) is 1. The molecule has 0 amide bonds. The molecule has 0 aliphatic carbocycles. The van der Waals surface area contributed by atoms with Gasteiger partial charge in [0, 0.05) is 5.56 Å². The fourth-order valence-corrected chi connectivity index (χ4v) is 1.56. The lowest BCUT2D eigenvalue weighted by atomic mass is 9.94. The number of alkyl halides is 6. The van der Waals surface area contributed by atoms with Gasteiger partial charge in [0.15, 0.2) is 6.10 Å². The molecule has 0 heterocycles. The Morgan fingerprint density at radius 2 is 1.55 bits per heavy atom. The van der Waals surface area contributed by atoms with Gasteiger partial charge in [-0.2, -0.15) is 26.3 Å². The first-order valence-electron chi connectivity index (χ1n) is 4.78. The quantitative estimate of drug-likeness (QED) is 0.734. The molecule has 4 nitrogen and oxygen atoms in total. The molecule has 0 aliphatic heterocycles. The fourth-order valence-electron chi connectivity index (χ4n) is 1.56. The van der Waals surface area contributed by atoms with Crippen LogP contribution in [0.25, 0.3) is 0 Å². The molecule has 1 unspecified atom stereocenters. The molecule has 0 fully saturated rings. The summed E-state index contributed by atoms with van der Waals surface area (Å²) in [5.74, 6) is -3.92. The predicted octanol–water partition coefficient (Wildman–Crippen LogP) is 2.55. The maximum atomic E-state index is 12.7. The van der Waals surface area contributed by atoms with Crippen LogP contribution >= 0.6 is 0 Å². The first-order valence-corrected chi connectivity index (χ1v) is 4.78. The van der Waals surface area contributed by atoms with Crippen molar-refractivity contribution in [3.05, 3.63) is 28.8 Å². The highest BCUT2D eigenvalue weighted by atomic mass is 19.4. The Kier molecular flexibility index (Phi) is 3.90. The molecule has 1 aromatic rings. The summed E-state index contributed by atoms with van der Waals surface area (Å²) in [6.45, 7) is 0. The number of phenols is 1. The molecule has 0 saturated carbocycles. The lowest BCUT2D eigenvalue weighted by Gasteiger charge is -2.21. The lowest BCUT2D eigenvalue weighted by molar-refractivity contribution is -0.153. The van der Waals surface area contributed by atoms with Gasteiger partial charge >= 0.3 is 18.3 Å². The van der Waals surface area contributed by atoms with Gasteiger partial charge in [0.1, 0.15) is 11.3 Å². The number of aromatic hydroxyl groups is 1. The third-order valence-electron chi connectivity index (χ3n) is 2.32. The lowest BCUT2D eigenvalue weighted by Crippen LogP contribution is -2.23. The molecule has 0 bridgehead atoms. The number of aliphatic hydroxyl groups excluding tert-OH is 1. The minimum absolute atomic E-state index is 0.0616. The number of benzene rings is 1. The highest BCUT2D eigenvalue weighted by molar-refractivity contribution is 5.76. The van der Waals surface area contributed by atoms with E-state index in [4.69, 9.17) is 15.3 Å². The van der Waals surface area contributed by atoms with Gasteiger partial charge in [0.25, 0.3) is 0 Å². The van der Waals surface area contributed by atoms with Gasteiger partial charge in [0.2, 0.25) is 0 Å². The summed E-state index contributed by atoms with van der Waals surface area (Å²) in [7, 11) is 0. The van der Waals surface area contributed by atoms with Gasteiger partial charge in [-0.1, -0.05) is 0 Å². The second-order valence-corrected chi connectivity index (χ2v) is 3.66. The van der Waals surface area contributed by atoms with Gasteiger partial charge in [-0.15, -0.1) is 0 Å². The molecule has 0 spiro atoms. The monoisotopic (exact) mass is 304 g/mol. The van der Waals surface area contributed by atoms with E-state index in [2.05, 4.69) is 0 Å². The molecular weight excluding hydrogens is 298 g/mol. The van der Waals surface area contributed by atoms with Crippen molar-refractivity contribution in [1.29, 1.82) is 0 Å². The number of hydrogen-bond acceptors (Lipinski definition) is 3. The normalized spacial score (nSPS) is 14.2. The molecule has 10 heteroatoms. The van der Waals surface area contributed by atoms with Crippen molar-refractivity contribution >= 4 is 5.97 Å². The number of halogens is 6. The van der Waals surface area contributed by atoms with Crippen LogP contribution in [0, 0.1) is 0 Å². The van der Waals surface area contributed by atoms with Crippen LogP contribution in [0.1, 0.15) is 22.8 Å². The van der Waals surface area contributed by atoms with Crippen molar-refractivity contribution in [2.45, 2.75) is 18.5 Å². The van der Waals surface area contributed by atoms with Crippen LogP contribution in [-0.2, 0) is 17.1 Å². The van der Waals surface area contributed by atoms with Crippen molar-refractivity contribution < 1.29 is 46.5 Å². The largest absolute Gasteiger partial charge is 0.507 e. The van der Waals surface area contributed by atoms with Crippen molar-refractivity contribution in [3.63, 3.8) is 0 Å². The summed E-state index contributed by atoms with van der Waals surface area (Å²) in [5, 5.41) is 26.6. The van der Waals surface area contributed by atoms with Gasteiger partial charge in [0.05, 0.1) is 5.56 Å². The van der Waals surface area contributed by atoms with E-state index in [1.807, 2.05) is 0 Å². The summed E-state index contributed by atoms with van der Waals surface area (Å²) in [5.41, 5.74) is -6.17. The Labute approximate surface area is 106 Å². The SMILES string of the molecule is O=C(O)C(O)c1c(C(F)(F)F)ccc(O)c1C(F)(F)F. The Hall–Kier alpha value is -1.97. The number of rotatable bonds is 2. The fraction of sp³-hybridized carbons (Fsp3) is 0.300. The third-order valence-corrected chi connectivity index (χ3v) is 2.32. The number of carboxylic acids is 1. The van der Waals surface area contributed by atoms with Crippen LogP contribution in [0.2, 0.25) is 0 Å². The van der Waals surface area contributed by atoms with Crippen LogP contribution in [0.4, 0.5) is 26.3 Å². The number of phenolic OH excluding ortho intramolecular Hbond substituents is 1. The zero-order valence-corrected chi connectivity index (χ0v) is 9.25. The zero-order chi connectivity index (χ0) is 15.9. The summed E-state index contributed by atoms with van der Waals surface area (Å²) in [4.78, 5) is 10.5.